The van der Waals surface area contributed by atoms with E-state index in [1.165, 1.54) is 0 Å². The van der Waals surface area contributed by atoms with Crippen LogP contribution in [0.3, 0.4) is 0 Å². The van der Waals surface area contributed by atoms with Gasteiger partial charge in [0.25, 0.3) is 0 Å². The number of carbonyl (C=O) groups is 3. The molecule has 182 valence electrons. The van der Waals surface area contributed by atoms with Crippen LogP contribution in [-0.2, 0) is 33.8 Å². The van der Waals surface area contributed by atoms with Crippen molar-refractivity contribution >= 4 is 18.0 Å². The fourth-order valence-electron chi connectivity index (χ4n) is 3.69. The van der Waals surface area contributed by atoms with E-state index in [9.17, 15) is 19.5 Å². The van der Waals surface area contributed by atoms with Crippen molar-refractivity contribution in [2.24, 2.45) is 0 Å². The van der Waals surface area contributed by atoms with Crippen LogP contribution in [0.4, 0.5) is 4.79 Å². The summed E-state index contributed by atoms with van der Waals surface area (Å²) in [7, 11) is 0. The molecule has 0 bridgehead atoms. The lowest BCUT2D eigenvalue weighted by Gasteiger charge is -2.23. The predicted octanol–water partition coefficient (Wildman–Crippen LogP) is 4.12. The minimum absolute atomic E-state index is 0.0745. The number of carboxylic acids is 1. The molecule has 0 spiro atoms. The minimum Gasteiger partial charge on any atom is -0.481 e. The van der Waals surface area contributed by atoms with Crippen LogP contribution in [0.1, 0.15) is 29.5 Å². The summed E-state index contributed by atoms with van der Waals surface area (Å²) in [6, 6.07) is 26.7. The third-order valence-electron chi connectivity index (χ3n) is 5.50. The van der Waals surface area contributed by atoms with Crippen LogP contribution in [0, 0.1) is 0 Å². The molecule has 0 unspecified atom stereocenters. The van der Waals surface area contributed by atoms with E-state index in [1.54, 1.807) is 0 Å². The highest BCUT2D eigenvalue weighted by molar-refractivity contribution is 5.86. The molecule has 0 aliphatic carbocycles. The highest BCUT2D eigenvalue weighted by atomic mass is 16.5. The van der Waals surface area contributed by atoms with Gasteiger partial charge in [0.05, 0.1) is 6.42 Å². The first-order chi connectivity index (χ1) is 17.0. The van der Waals surface area contributed by atoms with Crippen molar-refractivity contribution in [2.75, 3.05) is 0 Å². The standard InChI is InChI=1S/C28H30N2O5/c31-26(32)19-24(17-16-21-10-4-1-5-11-21)29-27(33)25(18-22-12-6-2-7-13-22)30-28(34)35-20-23-14-8-3-9-15-23/h1-15,24-25H,16-20H2,(H,29,33)(H,30,34)(H,31,32)/t24-,25-/m0/s1. The number of aryl methyl sites for hydroxylation is 1. The summed E-state index contributed by atoms with van der Waals surface area (Å²) in [6.45, 7) is 0.0745. The molecule has 7 nitrogen and oxygen atoms in total. The van der Waals surface area contributed by atoms with Gasteiger partial charge in [-0.05, 0) is 29.5 Å². The lowest BCUT2D eigenvalue weighted by Crippen LogP contribution is -2.51. The number of carbonyl (C=O) groups excluding carboxylic acids is 2. The van der Waals surface area contributed by atoms with E-state index in [2.05, 4.69) is 10.6 Å². The zero-order valence-corrected chi connectivity index (χ0v) is 19.4. The zero-order valence-electron chi connectivity index (χ0n) is 19.4. The Hall–Kier alpha value is -4.13. The van der Waals surface area contributed by atoms with Crippen molar-refractivity contribution in [3.8, 4) is 0 Å². The number of nitrogens with one attached hydrogen (secondary N) is 2. The van der Waals surface area contributed by atoms with Crippen molar-refractivity contribution in [1.29, 1.82) is 0 Å². The second-order valence-electron chi connectivity index (χ2n) is 8.28. The van der Waals surface area contributed by atoms with Crippen LogP contribution in [0.2, 0.25) is 0 Å². The Morgan fingerprint density at radius 1 is 0.743 bits per heavy atom. The van der Waals surface area contributed by atoms with Crippen molar-refractivity contribution in [2.45, 2.75) is 44.4 Å². The van der Waals surface area contributed by atoms with E-state index in [-0.39, 0.29) is 19.4 Å². The molecule has 0 saturated carbocycles. The number of ether oxygens (including phenoxy) is 1. The van der Waals surface area contributed by atoms with E-state index >= 15 is 0 Å². The van der Waals surface area contributed by atoms with E-state index < -0.39 is 30.1 Å². The van der Waals surface area contributed by atoms with Gasteiger partial charge >= 0.3 is 12.1 Å². The molecule has 3 aromatic rings. The van der Waals surface area contributed by atoms with E-state index in [4.69, 9.17) is 4.74 Å². The molecule has 0 fully saturated rings. The normalized spacial score (nSPS) is 12.2. The number of hydrogen-bond donors (Lipinski definition) is 3. The molecular weight excluding hydrogens is 444 g/mol. The highest BCUT2D eigenvalue weighted by Gasteiger charge is 2.25. The molecule has 0 aliphatic rings. The van der Waals surface area contributed by atoms with Gasteiger partial charge in [0, 0.05) is 12.5 Å². The van der Waals surface area contributed by atoms with Crippen LogP contribution in [0.5, 0.6) is 0 Å². The Bertz CT molecular complexity index is 1070. The largest absolute Gasteiger partial charge is 0.481 e. The van der Waals surface area contributed by atoms with Crippen LogP contribution in [0.15, 0.2) is 91.0 Å². The number of benzene rings is 3. The van der Waals surface area contributed by atoms with Gasteiger partial charge in [0.2, 0.25) is 5.91 Å². The summed E-state index contributed by atoms with van der Waals surface area (Å²) in [5, 5.41) is 14.8. The van der Waals surface area contributed by atoms with Gasteiger partial charge in [-0.1, -0.05) is 91.0 Å². The molecule has 3 N–H and O–H groups in total. The van der Waals surface area contributed by atoms with Gasteiger partial charge in [0.1, 0.15) is 12.6 Å². The summed E-state index contributed by atoms with van der Waals surface area (Å²) in [5.74, 6) is -1.46. The van der Waals surface area contributed by atoms with Crippen molar-refractivity contribution in [3.63, 3.8) is 0 Å². The summed E-state index contributed by atoms with van der Waals surface area (Å²) >= 11 is 0. The number of alkyl carbamates (subject to hydrolysis) is 1. The number of carboxylic acid groups (broad SMARTS) is 1. The monoisotopic (exact) mass is 474 g/mol. The van der Waals surface area contributed by atoms with Crippen molar-refractivity contribution in [3.05, 3.63) is 108 Å². The van der Waals surface area contributed by atoms with E-state index in [0.29, 0.717) is 12.8 Å². The predicted molar refractivity (Wildman–Crippen MR) is 133 cm³/mol. The Kier molecular flexibility index (Phi) is 9.87. The molecule has 0 aromatic heterocycles. The zero-order chi connectivity index (χ0) is 24.9. The summed E-state index contributed by atoms with van der Waals surface area (Å²) < 4.78 is 5.30. The summed E-state index contributed by atoms with van der Waals surface area (Å²) in [4.78, 5) is 37.1. The first-order valence-electron chi connectivity index (χ1n) is 11.6. The van der Waals surface area contributed by atoms with Crippen molar-refractivity contribution in [1.82, 2.24) is 10.6 Å². The second-order valence-corrected chi connectivity index (χ2v) is 8.28. The molecule has 0 radical (unpaired) electrons. The lowest BCUT2D eigenvalue weighted by molar-refractivity contribution is -0.137. The molecule has 0 aliphatic heterocycles. The lowest BCUT2D eigenvalue weighted by atomic mass is 10.0. The fraction of sp³-hybridized carbons (Fsp3) is 0.250. The second kappa shape index (κ2) is 13.5. The quantitative estimate of drug-likeness (QED) is 0.366. The summed E-state index contributed by atoms with van der Waals surface area (Å²) in [5.41, 5.74) is 2.74. The average Bonchev–Trinajstić information content (AvgIpc) is 2.87. The van der Waals surface area contributed by atoms with Gasteiger partial charge < -0.3 is 20.5 Å². The number of amides is 2. The van der Waals surface area contributed by atoms with Gasteiger partial charge in [0.15, 0.2) is 0 Å². The maximum absolute atomic E-state index is 13.2. The first-order valence-corrected chi connectivity index (χ1v) is 11.6. The smallest absolute Gasteiger partial charge is 0.408 e. The first kappa shape index (κ1) is 25.5. The fourth-order valence-corrected chi connectivity index (χ4v) is 3.69. The molecular formula is C28H30N2O5. The number of hydrogen-bond acceptors (Lipinski definition) is 4. The molecule has 3 rings (SSSR count). The molecule has 7 heteroatoms. The molecule has 3 aromatic carbocycles. The molecule has 35 heavy (non-hydrogen) atoms. The number of aliphatic carboxylic acids is 1. The topological polar surface area (TPSA) is 105 Å². The average molecular weight is 475 g/mol. The van der Waals surface area contributed by atoms with E-state index in [0.717, 1.165) is 16.7 Å². The van der Waals surface area contributed by atoms with Crippen LogP contribution >= 0.6 is 0 Å². The summed E-state index contributed by atoms with van der Waals surface area (Å²) in [6.07, 6.45) is 0.387. The van der Waals surface area contributed by atoms with Gasteiger partial charge in [-0.2, -0.15) is 0 Å². The molecule has 0 saturated heterocycles. The Morgan fingerprint density at radius 3 is 1.86 bits per heavy atom. The maximum atomic E-state index is 13.2. The van der Waals surface area contributed by atoms with Gasteiger partial charge in [-0.25, -0.2) is 4.79 Å². The van der Waals surface area contributed by atoms with Crippen molar-refractivity contribution < 1.29 is 24.2 Å². The van der Waals surface area contributed by atoms with Gasteiger partial charge in [-0.15, -0.1) is 0 Å². The van der Waals surface area contributed by atoms with Crippen LogP contribution in [-0.4, -0.2) is 35.2 Å². The van der Waals surface area contributed by atoms with Crippen LogP contribution in [0.25, 0.3) is 0 Å². The Morgan fingerprint density at radius 2 is 1.29 bits per heavy atom. The molecule has 0 heterocycles. The van der Waals surface area contributed by atoms with Gasteiger partial charge in [-0.3, -0.25) is 9.59 Å². The molecule has 2 amide bonds. The van der Waals surface area contributed by atoms with Crippen LogP contribution < -0.4 is 10.6 Å². The molecule has 2 atom stereocenters. The third-order valence-corrected chi connectivity index (χ3v) is 5.50. The maximum Gasteiger partial charge on any atom is 0.408 e. The SMILES string of the molecule is O=C(O)C[C@H](CCc1ccccc1)NC(=O)[C@H](Cc1ccccc1)NC(=O)OCc1ccccc1. The third kappa shape index (κ3) is 9.33. The van der Waals surface area contributed by atoms with E-state index in [1.807, 2.05) is 91.0 Å². The Labute approximate surface area is 205 Å². The number of rotatable bonds is 12. The minimum atomic E-state index is -1.00. The Balaban J connectivity index is 1.65. The highest BCUT2D eigenvalue weighted by Crippen LogP contribution is 2.10.